The Morgan fingerprint density at radius 1 is 1.15 bits per heavy atom. The van der Waals surface area contributed by atoms with E-state index < -0.39 is 24.6 Å². The predicted octanol–water partition coefficient (Wildman–Crippen LogP) is 4.52. The Labute approximate surface area is 158 Å². The first-order valence-corrected chi connectivity index (χ1v) is 10.7. The summed E-state index contributed by atoms with van der Waals surface area (Å²) >= 11 is 0. The average molecular weight is 392 g/mol. The molecule has 7 nitrogen and oxygen atoms in total. The smallest absolute Gasteiger partial charge is 0.411 e. The number of nitrogens with zero attached hydrogens (tertiary/aromatic N) is 2. The molecule has 0 aromatic heterocycles. The molecule has 0 aromatic carbocycles. The van der Waals surface area contributed by atoms with Crippen molar-refractivity contribution in [3.05, 3.63) is 0 Å². The number of carbonyl (C=O) groups excluding carboxylic acids is 1. The van der Waals surface area contributed by atoms with Crippen molar-refractivity contribution in [1.82, 2.24) is 9.80 Å². The van der Waals surface area contributed by atoms with Gasteiger partial charge in [0.15, 0.2) is 0 Å². The Hall–Kier alpha value is -0.620. The van der Waals surface area contributed by atoms with E-state index in [0.29, 0.717) is 6.42 Å². The molecule has 1 heterocycles. The molecule has 0 aliphatic carbocycles. The van der Waals surface area contributed by atoms with E-state index in [0.717, 1.165) is 6.42 Å². The van der Waals surface area contributed by atoms with Gasteiger partial charge >= 0.3 is 13.7 Å². The highest BCUT2D eigenvalue weighted by atomic mass is 31.2. The van der Waals surface area contributed by atoms with Crippen LogP contribution < -0.4 is 0 Å². The van der Waals surface area contributed by atoms with Gasteiger partial charge in [0.25, 0.3) is 0 Å². The highest BCUT2D eigenvalue weighted by Gasteiger charge is 2.63. The van der Waals surface area contributed by atoms with E-state index in [4.69, 9.17) is 13.8 Å². The molecular formula is C18H37N2O5P. The molecule has 0 aromatic rings. The second kappa shape index (κ2) is 7.78. The molecule has 1 rings (SSSR count). The summed E-state index contributed by atoms with van der Waals surface area (Å²) in [4.78, 5) is 16.6. The lowest BCUT2D eigenvalue weighted by Gasteiger charge is -2.43. The zero-order chi connectivity index (χ0) is 20.6. The fourth-order valence-corrected chi connectivity index (χ4v) is 6.08. The molecule has 1 amide bonds. The van der Waals surface area contributed by atoms with Crippen LogP contribution in [0, 0.1) is 5.41 Å². The van der Waals surface area contributed by atoms with Crippen LogP contribution in [0.2, 0.25) is 0 Å². The fraction of sp³-hybridized carbons (Fsp3) is 0.944. The van der Waals surface area contributed by atoms with Crippen molar-refractivity contribution in [2.75, 3.05) is 27.8 Å². The van der Waals surface area contributed by atoms with E-state index in [1.54, 1.807) is 4.90 Å². The minimum atomic E-state index is -3.49. The lowest BCUT2D eigenvalue weighted by molar-refractivity contribution is -0.00889. The van der Waals surface area contributed by atoms with Gasteiger partial charge in [-0.1, -0.05) is 34.1 Å². The largest absolute Gasteiger partial charge is 0.444 e. The molecular weight excluding hydrogens is 355 g/mol. The number of amides is 1. The van der Waals surface area contributed by atoms with Crippen LogP contribution >= 0.6 is 7.60 Å². The summed E-state index contributed by atoms with van der Waals surface area (Å²) in [7, 11) is 1.20. The normalized spacial score (nSPS) is 25.6. The van der Waals surface area contributed by atoms with Crippen molar-refractivity contribution < 1.29 is 23.1 Å². The monoisotopic (exact) mass is 392 g/mol. The first-order chi connectivity index (χ1) is 11.7. The topological polar surface area (TPSA) is 68.3 Å². The van der Waals surface area contributed by atoms with E-state index in [1.807, 2.05) is 39.6 Å². The van der Waals surface area contributed by atoms with Crippen molar-refractivity contribution in [3.8, 4) is 0 Å². The van der Waals surface area contributed by atoms with Crippen LogP contribution in [-0.4, -0.2) is 60.8 Å². The molecule has 0 radical (unpaired) electrons. The molecule has 1 fully saturated rings. The van der Waals surface area contributed by atoms with E-state index in [-0.39, 0.29) is 18.1 Å². The first-order valence-electron chi connectivity index (χ1n) is 9.13. The molecule has 1 saturated heterocycles. The molecule has 8 heteroatoms. The van der Waals surface area contributed by atoms with Gasteiger partial charge in [-0.05, 0) is 39.7 Å². The van der Waals surface area contributed by atoms with E-state index in [9.17, 15) is 9.36 Å². The number of rotatable bonds is 5. The fourth-order valence-electron chi connectivity index (χ4n) is 3.93. The third-order valence-electron chi connectivity index (χ3n) is 4.79. The third kappa shape index (κ3) is 4.27. The van der Waals surface area contributed by atoms with Crippen LogP contribution in [0.3, 0.4) is 0 Å². The number of hydrogen-bond acceptors (Lipinski definition) is 6. The Kier molecular flexibility index (Phi) is 7.01. The van der Waals surface area contributed by atoms with E-state index in [2.05, 4.69) is 20.8 Å². The number of ether oxygens (including phenoxy) is 1. The quantitative estimate of drug-likeness (QED) is 0.641. The molecule has 1 aliphatic heterocycles. The Morgan fingerprint density at radius 2 is 1.65 bits per heavy atom. The molecule has 154 valence electrons. The van der Waals surface area contributed by atoms with Crippen molar-refractivity contribution in [2.45, 2.75) is 78.4 Å². The van der Waals surface area contributed by atoms with Gasteiger partial charge in [-0.25, -0.2) is 4.79 Å². The minimum absolute atomic E-state index is 0.229. The molecule has 0 bridgehead atoms. The second-order valence-corrected chi connectivity index (χ2v) is 11.6. The summed E-state index contributed by atoms with van der Waals surface area (Å²) in [5.41, 5.74) is -0.895. The lowest BCUT2D eigenvalue weighted by Crippen LogP contribution is -2.52. The van der Waals surface area contributed by atoms with Crippen molar-refractivity contribution in [3.63, 3.8) is 0 Å². The minimum Gasteiger partial charge on any atom is -0.444 e. The summed E-state index contributed by atoms with van der Waals surface area (Å²) in [6.07, 6.45) is 0.637. The van der Waals surface area contributed by atoms with Crippen molar-refractivity contribution in [1.29, 1.82) is 0 Å². The van der Waals surface area contributed by atoms with Crippen LogP contribution in [-0.2, 0) is 18.3 Å². The van der Waals surface area contributed by atoms with Gasteiger partial charge in [0.1, 0.15) is 10.9 Å². The highest BCUT2D eigenvalue weighted by Crippen LogP contribution is 2.65. The summed E-state index contributed by atoms with van der Waals surface area (Å²) in [6, 6.07) is 0. The van der Waals surface area contributed by atoms with Gasteiger partial charge in [0.05, 0.1) is 12.7 Å². The Balaban J connectivity index is 3.49. The maximum absolute atomic E-state index is 13.5. The molecule has 26 heavy (non-hydrogen) atoms. The molecule has 1 aliphatic rings. The van der Waals surface area contributed by atoms with E-state index in [1.165, 1.54) is 14.2 Å². The molecule has 2 atom stereocenters. The number of carbonyl (C=O) groups is 1. The molecule has 0 N–H and O–H groups in total. The zero-order valence-corrected chi connectivity index (χ0v) is 19.0. The molecule has 0 saturated carbocycles. The summed E-state index contributed by atoms with van der Waals surface area (Å²) in [6.45, 7) is 13.9. The van der Waals surface area contributed by atoms with Gasteiger partial charge in [0.2, 0.25) is 0 Å². The molecule has 0 unspecified atom stereocenters. The van der Waals surface area contributed by atoms with Crippen LogP contribution in [0.1, 0.15) is 61.3 Å². The second-order valence-electron chi connectivity index (χ2n) is 9.05. The standard InChI is InChI=1S/C18H37N2O5P/c1-11-12-18(26(22,23-9)24-10)13-20(15(21)25-17(5,6)7)14(19(18)8)16(2,3)4/h14H,11-13H2,1-10H3/t14-,18-/m0/s1. The van der Waals surface area contributed by atoms with Gasteiger partial charge in [-0.3, -0.25) is 14.4 Å². The van der Waals surface area contributed by atoms with Gasteiger partial charge in [-0.2, -0.15) is 0 Å². The van der Waals surface area contributed by atoms with Crippen LogP contribution in [0.5, 0.6) is 0 Å². The summed E-state index contributed by atoms with van der Waals surface area (Å²) in [5.74, 6) is 0. The number of hydrogen-bond donors (Lipinski definition) is 0. The van der Waals surface area contributed by atoms with Gasteiger partial charge < -0.3 is 13.8 Å². The van der Waals surface area contributed by atoms with Gasteiger partial charge in [0, 0.05) is 14.2 Å². The Bertz CT molecular complexity index is 547. The predicted molar refractivity (Wildman–Crippen MR) is 103 cm³/mol. The first kappa shape index (κ1) is 23.4. The van der Waals surface area contributed by atoms with Crippen molar-refractivity contribution in [2.24, 2.45) is 5.41 Å². The van der Waals surface area contributed by atoms with Crippen LogP contribution in [0.4, 0.5) is 4.79 Å². The van der Waals surface area contributed by atoms with Crippen LogP contribution in [0.15, 0.2) is 0 Å². The SMILES string of the molecule is CCC[C@]1(P(=O)(OC)OC)CN(C(=O)OC(C)(C)C)[C@@H](C(C)(C)C)N1C. The van der Waals surface area contributed by atoms with E-state index >= 15 is 0 Å². The van der Waals surface area contributed by atoms with Crippen molar-refractivity contribution >= 4 is 13.7 Å². The average Bonchev–Trinajstić information content (AvgIpc) is 2.80. The number of likely N-dealkylation sites (N-methyl/N-ethyl adjacent to an activating group) is 1. The maximum Gasteiger partial charge on any atom is 0.411 e. The summed E-state index contributed by atoms with van der Waals surface area (Å²) in [5, 5.41) is -0.917. The zero-order valence-electron chi connectivity index (χ0n) is 18.1. The lowest BCUT2D eigenvalue weighted by atomic mass is 9.91. The molecule has 0 spiro atoms. The Morgan fingerprint density at radius 3 is 2.00 bits per heavy atom. The van der Waals surface area contributed by atoms with Crippen LogP contribution in [0.25, 0.3) is 0 Å². The maximum atomic E-state index is 13.5. The van der Waals surface area contributed by atoms with Gasteiger partial charge in [-0.15, -0.1) is 0 Å². The highest BCUT2D eigenvalue weighted by molar-refractivity contribution is 7.55. The third-order valence-corrected chi connectivity index (χ3v) is 7.45. The summed E-state index contributed by atoms with van der Waals surface area (Å²) < 4.78 is 30.0.